The van der Waals surface area contributed by atoms with Gasteiger partial charge in [0.2, 0.25) is 0 Å². The Bertz CT molecular complexity index is 609. The van der Waals surface area contributed by atoms with E-state index in [-0.39, 0.29) is 16.4 Å². The Hall–Kier alpha value is -2.08. The molecule has 0 fully saturated rings. The van der Waals surface area contributed by atoms with Crippen molar-refractivity contribution in [3.05, 3.63) is 29.2 Å². The zero-order valence-corrected chi connectivity index (χ0v) is 10.6. The molecule has 0 saturated carbocycles. The Balaban J connectivity index is 2.57. The molecule has 6 nitrogen and oxygen atoms in total. The predicted molar refractivity (Wildman–Crippen MR) is 67.2 cm³/mol. The molecule has 0 radical (unpaired) electrons. The van der Waals surface area contributed by atoms with Crippen LogP contribution in [0, 0.1) is 0 Å². The van der Waals surface area contributed by atoms with Crippen LogP contribution in [0.2, 0.25) is 5.02 Å². The maximum Gasteiger partial charge on any atom is 0.358 e. The monoisotopic (exact) mass is 266 g/mol. The van der Waals surface area contributed by atoms with E-state index in [1.54, 1.807) is 30.2 Å². The maximum atomic E-state index is 11.5. The van der Waals surface area contributed by atoms with Gasteiger partial charge in [0.05, 0.1) is 29.7 Å². The number of carbonyl (C=O) groups is 1. The van der Waals surface area contributed by atoms with E-state index in [9.17, 15) is 4.79 Å². The molecule has 0 aliphatic heterocycles. The Morgan fingerprint density at radius 3 is 2.83 bits per heavy atom. The van der Waals surface area contributed by atoms with Gasteiger partial charge in [0.25, 0.3) is 0 Å². The topological polar surface area (TPSA) is 83.0 Å². The molecule has 18 heavy (non-hydrogen) atoms. The first kappa shape index (κ1) is 12.4. The van der Waals surface area contributed by atoms with E-state index in [0.717, 1.165) is 5.56 Å². The van der Waals surface area contributed by atoms with Crippen molar-refractivity contribution < 1.29 is 9.53 Å². The number of halogens is 1. The van der Waals surface area contributed by atoms with Crippen LogP contribution in [0.3, 0.4) is 0 Å². The van der Waals surface area contributed by atoms with Crippen LogP contribution in [0.5, 0.6) is 0 Å². The Morgan fingerprint density at radius 1 is 1.56 bits per heavy atom. The summed E-state index contributed by atoms with van der Waals surface area (Å²) in [6, 6.07) is 1.59. The number of aryl methyl sites for hydroxylation is 1. The van der Waals surface area contributed by atoms with Gasteiger partial charge in [-0.15, -0.1) is 0 Å². The molecular formula is C11H11ClN4O2. The molecule has 2 aromatic heterocycles. The van der Waals surface area contributed by atoms with Crippen LogP contribution in [-0.2, 0) is 11.8 Å². The highest BCUT2D eigenvalue weighted by atomic mass is 35.5. The molecule has 0 aliphatic rings. The molecule has 2 aromatic rings. The van der Waals surface area contributed by atoms with Gasteiger partial charge in [0.15, 0.2) is 5.69 Å². The van der Waals surface area contributed by atoms with Gasteiger partial charge in [-0.2, -0.15) is 5.10 Å². The number of hydrogen-bond donors (Lipinski definition) is 1. The third-order valence-corrected chi connectivity index (χ3v) is 2.76. The molecule has 0 spiro atoms. The fourth-order valence-corrected chi connectivity index (χ4v) is 1.66. The van der Waals surface area contributed by atoms with Crippen molar-refractivity contribution in [2.45, 2.75) is 0 Å². The molecule has 0 atom stereocenters. The summed E-state index contributed by atoms with van der Waals surface area (Å²) in [4.78, 5) is 15.7. The minimum absolute atomic E-state index is 0.00183. The van der Waals surface area contributed by atoms with E-state index in [4.69, 9.17) is 17.3 Å². The van der Waals surface area contributed by atoms with Crippen molar-refractivity contribution in [1.29, 1.82) is 0 Å². The van der Waals surface area contributed by atoms with Gasteiger partial charge in [-0.25, -0.2) is 9.78 Å². The van der Waals surface area contributed by atoms with Gasteiger partial charge in [-0.3, -0.25) is 4.68 Å². The van der Waals surface area contributed by atoms with Crippen molar-refractivity contribution in [3.8, 4) is 11.3 Å². The first-order valence-electron chi connectivity index (χ1n) is 5.06. The lowest BCUT2D eigenvalue weighted by Gasteiger charge is -2.06. The van der Waals surface area contributed by atoms with Gasteiger partial charge < -0.3 is 10.5 Å². The van der Waals surface area contributed by atoms with Crippen molar-refractivity contribution in [2.24, 2.45) is 7.05 Å². The molecule has 0 aromatic carbocycles. The SMILES string of the molecule is COC(=O)c1nc(-c2cnn(C)c2)cc(N)c1Cl. The van der Waals surface area contributed by atoms with Crippen LogP contribution in [0.4, 0.5) is 5.69 Å². The highest BCUT2D eigenvalue weighted by Crippen LogP contribution is 2.28. The number of pyridine rings is 1. The third-order valence-electron chi connectivity index (χ3n) is 2.37. The van der Waals surface area contributed by atoms with E-state index in [0.29, 0.717) is 5.69 Å². The lowest BCUT2D eigenvalue weighted by molar-refractivity contribution is 0.0594. The molecule has 0 amide bonds. The number of rotatable bonds is 2. The minimum atomic E-state index is -0.627. The normalized spacial score (nSPS) is 10.4. The van der Waals surface area contributed by atoms with E-state index in [2.05, 4.69) is 14.8 Å². The van der Waals surface area contributed by atoms with Crippen LogP contribution in [0.25, 0.3) is 11.3 Å². The van der Waals surface area contributed by atoms with Crippen molar-refractivity contribution >= 4 is 23.3 Å². The van der Waals surface area contributed by atoms with Crippen LogP contribution in [-0.4, -0.2) is 27.8 Å². The number of nitrogens with zero attached hydrogens (tertiary/aromatic N) is 3. The van der Waals surface area contributed by atoms with Crippen molar-refractivity contribution in [3.63, 3.8) is 0 Å². The van der Waals surface area contributed by atoms with Crippen LogP contribution < -0.4 is 5.73 Å². The highest BCUT2D eigenvalue weighted by Gasteiger charge is 2.17. The molecule has 94 valence electrons. The molecule has 2 rings (SSSR count). The van der Waals surface area contributed by atoms with Gasteiger partial charge >= 0.3 is 5.97 Å². The van der Waals surface area contributed by atoms with Crippen LogP contribution in [0.1, 0.15) is 10.5 Å². The smallest absolute Gasteiger partial charge is 0.358 e. The lowest BCUT2D eigenvalue weighted by Crippen LogP contribution is -2.07. The average Bonchev–Trinajstić information content (AvgIpc) is 2.78. The number of aromatic nitrogens is 3. The number of methoxy groups -OCH3 is 1. The molecule has 0 unspecified atom stereocenters. The van der Waals surface area contributed by atoms with E-state index in [1.165, 1.54) is 7.11 Å². The molecule has 2 heterocycles. The zero-order valence-electron chi connectivity index (χ0n) is 9.85. The standard InChI is InChI=1S/C11H11ClN4O2/c1-16-5-6(4-14-16)8-3-7(13)9(12)10(15-8)11(17)18-2/h3-5H,1-2H3,(H2,13,15). The van der Waals surface area contributed by atoms with Gasteiger partial charge in [-0.1, -0.05) is 11.6 Å². The number of carbonyl (C=O) groups excluding carboxylic acids is 1. The summed E-state index contributed by atoms with van der Waals surface area (Å²) in [5, 5.41) is 4.12. The van der Waals surface area contributed by atoms with E-state index >= 15 is 0 Å². The summed E-state index contributed by atoms with van der Waals surface area (Å²) in [6.45, 7) is 0. The number of anilines is 1. The van der Waals surface area contributed by atoms with Gasteiger partial charge in [0.1, 0.15) is 0 Å². The molecule has 2 N–H and O–H groups in total. The van der Waals surface area contributed by atoms with Gasteiger partial charge in [-0.05, 0) is 6.07 Å². The molecule has 7 heteroatoms. The average molecular weight is 267 g/mol. The third kappa shape index (κ3) is 2.14. The highest BCUT2D eigenvalue weighted by molar-refractivity contribution is 6.35. The second-order valence-corrected chi connectivity index (χ2v) is 4.03. The number of esters is 1. The Labute approximate surface area is 108 Å². The molecule has 0 bridgehead atoms. The van der Waals surface area contributed by atoms with Crippen LogP contribution in [0.15, 0.2) is 18.5 Å². The summed E-state index contributed by atoms with van der Waals surface area (Å²) < 4.78 is 6.23. The fourth-order valence-electron chi connectivity index (χ4n) is 1.48. The predicted octanol–water partition coefficient (Wildman–Crippen LogP) is 1.50. The number of nitrogens with two attached hydrogens (primary N) is 1. The van der Waals surface area contributed by atoms with Crippen molar-refractivity contribution in [2.75, 3.05) is 12.8 Å². The first-order valence-corrected chi connectivity index (χ1v) is 5.44. The van der Waals surface area contributed by atoms with E-state index < -0.39 is 5.97 Å². The number of nitrogen functional groups attached to an aromatic ring is 1. The summed E-state index contributed by atoms with van der Waals surface area (Å²) in [6.07, 6.45) is 3.38. The summed E-state index contributed by atoms with van der Waals surface area (Å²) in [5.74, 6) is -0.627. The summed E-state index contributed by atoms with van der Waals surface area (Å²) >= 11 is 5.92. The molecule has 0 aliphatic carbocycles. The van der Waals surface area contributed by atoms with Crippen LogP contribution >= 0.6 is 11.6 Å². The molecular weight excluding hydrogens is 256 g/mol. The zero-order chi connectivity index (χ0) is 13.3. The first-order chi connectivity index (χ1) is 8.52. The second kappa shape index (κ2) is 4.66. The second-order valence-electron chi connectivity index (χ2n) is 3.65. The quantitative estimate of drug-likeness (QED) is 0.833. The van der Waals surface area contributed by atoms with E-state index in [1.807, 2.05) is 0 Å². The molecule has 0 saturated heterocycles. The van der Waals surface area contributed by atoms with Crippen molar-refractivity contribution in [1.82, 2.24) is 14.8 Å². The van der Waals surface area contributed by atoms with Gasteiger partial charge in [0, 0.05) is 18.8 Å². The maximum absolute atomic E-state index is 11.5. The number of hydrogen-bond acceptors (Lipinski definition) is 5. The number of ether oxygens (including phenoxy) is 1. The minimum Gasteiger partial charge on any atom is -0.464 e. The lowest BCUT2D eigenvalue weighted by atomic mass is 10.2. The Kier molecular flexibility index (Phi) is 3.20. The Morgan fingerprint density at radius 2 is 2.28 bits per heavy atom. The fraction of sp³-hybridized carbons (Fsp3) is 0.182. The summed E-state index contributed by atoms with van der Waals surface area (Å²) in [7, 11) is 3.04. The largest absolute Gasteiger partial charge is 0.464 e. The summed E-state index contributed by atoms with van der Waals surface area (Å²) in [5.41, 5.74) is 7.28.